The normalized spacial score (nSPS) is 11.5. The molecule has 0 unspecified atom stereocenters. The van der Waals surface area contributed by atoms with Crippen molar-refractivity contribution in [1.82, 2.24) is 14.9 Å². The molecular formula is C14H16N4O2. The molecule has 0 bridgehead atoms. The van der Waals surface area contributed by atoms with E-state index in [-0.39, 0.29) is 5.97 Å². The molecule has 0 aliphatic heterocycles. The molecule has 20 heavy (non-hydrogen) atoms. The van der Waals surface area contributed by atoms with E-state index < -0.39 is 0 Å². The molecular weight excluding hydrogens is 256 g/mol. The Labute approximate surface area is 117 Å². The second kappa shape index (κ2) is 5.64. The topological polar surface area (TPSA) is 69.4 Å². The summed E-state index contributed by atoms with van der Waals surface area (Å²) in [7, 11) is 0. The third-order valence-corrected chi connectivity index (χ3v) is 2.74. The van der Waals surface area contributed by atoms with Crippen molar-refractivity contribution < 1.29 is 9.53 Å². The first-order valence-corrected chi connectivity index (χ1v) is 6.20. The first-order valence-electron chi connectivity index (χ1n) is 6.20. The van der Waals surface area contributed by atoms with Crippen LogP contribution in [0.5, 0.6) is 5.75 Å². The van der Waals surface area contributed by atoms with Crippen molar-refractivity contribution >= 4 is 11.7 Å². The minimum Gasteiger partial charge on any atom is -0.427 e. The third-order valence-electron chi connectivity index (χ3n) is 2.74. The van der Waals surface area contributed by atoms with Gasteiger partial charge in [0.2, 0.25) is 0 Å². The Morgan fingerprint density at radius 1 is 1.10 bits per heavy atom. The molecule has 6 heteroatoms. The molecule has 0 amide bonds. The Morgan fingerprint density at radius 3 is 2.15 bits per heavy atom. The molecule has 0 saturated heterocycles. The van der Waals surface area contributed by atoms with E-state index >= 15 is 0 Å². The van der Waals surface area contributed by atoms with Gasteiger partial charge in [-0.15, -0.1) is 10.2 Å². The van der Waals surface area contributed by atoms with Crippen LogP contribution in [0.15, 0.2) is 29.4 Å². The number of esters is 1. The van der Waals surface area contributed by atoms with E-state index in [1.165, 1.54) is 6.92 Å². The Bertz CT molecular complexity index is 637. The number of ether oxygens (including phenoxy) is 1. The summed E-state index contributed by atoms with van der Waals surface area (Å²) in [4.78, 5) is 10.9. The summed E-state index contributed by atoms with van der Waals surface area (Å²) in [5.41, 5.74) is 1.76. The van der Waals surface area contributed by atoms with Crippen molar-refractivity contribution in [2.45, 2.75) is 27.7 Å². The van der Waals surface area contributed by atoms with Gasteiger partial charge in [0.15, 0.2) is 11.6 Å². The van der Waals surface area contributed by atoms with E-state index in [9.17, 15) is 4.79 Å². The maximum atomic E-state index is 10.9. The van der Waals surface area contributed by atoms with Crippen LogP contribution in [0.25, 0.3) is 0 Å². The lowest BCUT2D eigenvalue weighted by molar-refractivity contribution is -0.131. The predicted octanol–water partition coefficient (Wildman–Crippen LogP) is 2.09. The van der Waals surface area contributed by atoms with Crippen LogP contribution in [0, 0.1) is 13.8 Å². The van der Waals surface area contributed by atoms with E-state index in [1.807, 2.05) is 32.9 Å². The maximum absolute atomic E-state index is 10.9. The van der Waals surface area contributed by atoms with Crippen molar-refractivity contribution in [1.29, 1.82) is 0 Å². The van der Waals surface area contributed by atoms with Crippen LogP contribution in [-0.2, 0) is 4.79 Å². The van der Waals surface area contributed by atoms with Crippen LogP contribution in [0.1, 0.15) is 31.1 Å². The van der Waals surface area contributed by atoms with Crippen LogP contribution in [0.3, 0.4) is 0 Å². The van der Waals surface area contributed by atoms with E-state index in [1.54, 1.807) is 16.8 Å². The Morgan fingerprint density at radius 2 is 1.65 bits per heavy atom. The zero-order chi connectivity index (χ0) is 14.7. The number of benzene rings is 1. The number of hydrogen-bond donors (Lipinski definition) is 0. The van der Waals surface area contributed by atoms with Crippen molar-refractivity contribution in [3.8, 4) is 5.75 Å². The number of hydrogen-bond acceptors (Lipinski definition) is 5. The van der Waals surface area contributed by atoms with Crippen LogP contribution in [0.4, 0.5) is 0 Å². The largest absolute Gasteiger partial charge is 0.427 e. The monoisotopic (exact) mass is 272 g/mol. The highest BCUT2D eigenvalue weighted by atomic mass is 16.5. The zero-order valence-corrected chi connectivity index (χ0v) is 11.9. The van der Waals surface area contributed by atoms with Crippen LogP contribution < -0.4 is 4.74 Å². The minimum atomic E-state index is -0.334. The SMILES string of the molecule is CC(=O)Oc1ccc(C(C)=Nn2c(C)nnc2C)cc1. The Kier molecular flexibility index (Phi) is 3.93. The lowest BCUT2D eigenvalue weighted by atomic mass is 10.1. The fourth-order valence-electron chi connectivity index (χ4n) is 1.75. The summed E-state index contributed by atoms with van der Waals surface area (Å²) in [6.45, 7) is 6.97. The number of nitrogens with zero attached hydrogens (tertiary/aromatic N) is 4. The molecule has 0 saturated carbocycles. The summed E-state index contributed by atoms with van der Waals surface area (Å²) in [5, 5.41) is 12.4. The molecule has 0 aliphatic rings. The van der Waals surface area contributed by atoms with Gasteiger partial charge in [-0.2, -0.15) is 5.10 Å². The van der Waals surface area contributed by atoms with Crippen molar-refractivity contribution in [3.63, 3.8) is 0 Å². The van der Waals surface area contributed by atoms with Crippen molar-refractivity contribution in [2.24, 2.45) is 5.10 Å². The van der Waals surface area contributed by atoms with E-state index in [0.29, 0.717) is 5.75 Å². The summed E-state index contributed by atoms with van der Waals surface area (Å²) in [6, 6.07) is 7.18. The highest BCUT2D eigenvalue weighted by molar-refractivity contribution is 5.98. The molecule has 0 atom stereocenters. The summed E-state index contributed by atoms with van der Waals surface area (Å²) in [5.74, 6) is 1.65. The highest BCUT2D eigenvalue weighted by Gasteiger charge is 2.05. The van der Waals surface area contributed by atoms with Gasteiger partial charge in [0.1, 0.15) is 5.75 Å². The fourth-order valence-corrected chi connectivity index (χ4v) is 1.75. The Hall–Kier alpha value is -2.50. The molecule has 1 heterocycles. The van der Waals surface area contributed by atoms with Crippen molar-refractivity contribution in [3.05, 3.63) is 41.5 Å². The molecule has 1 aromatic heterocycles. The van der Waals surface area contributed by atoms with Crippen molar-refractivity contribution in [2.75, 3.05) is 0 Å². The number of rotatable bonds is 3. The van der Waals surface area contributed by atoms with Gasteiger partial charge < -0.3 is 4.74 Å². The zero-order valence-electron chi connectivity index (χ0n) is 11.9. The van der Waals surface area contributed by atoms with Crippen LogP contribution in [-0.4, -0.2) is 26.6 Å². The number of aryl methyl sites for hydroxylation is 2. The quantitative estimate of drug-likeness (QED) is 0.487. The second-order valence-electron chi connectivity index (χ2n) is 4.41. The predicted molar refractivity (Wildman–Crippen MR) is 74.9 cm³/mol. The third kappa shape index (κ3) is 3.09. The molecule has 0 fully saturated rings. The smallest absolute Gasteiger partial charge is 0.308 e. The molecule has 6 nitrogen and oxygen atoms in total. The van der Waals surface area contributed by atoms with Gasteiger partial charge in [0.05, 0.1) is 5.71 Å². The van der Waals surface area contributed by atoms with Gasteiger partial charge in [-0.25, -0.2) is 4.68 Å². The van der Waals surface area contributed by atoms with Gasteiger partial charge >= 0.3 is 5.97 Å². The van der Waals surface area contributed by atoms with Gasteiger partial charge in [-0.05, 0) is 50.6 Å². The highest BCUT2D eigenvalue weighted by Crippen LogP contribution is 2.13. The Balaban J connectivity index is 2.25. The molecule has 1 aromatic carbocycles. The van der Waals surface area contributed by atoms with Gasteiger partial charge in [0, 0.05) is 6.92 Å². The lowest BCUT2D eigenvalue weighted by Crippen LogP contribution is -2.04. The summed E-state index contributed by atoms with van der Waals surface area (Å²) < 4.78 is 6.68. The standard InChI is InChI=1S/C14H16N4O2/c1-9(17-18-10(2)15-16-11(18)3)13-5-7-14(8-6-13)20-12(4)19/h5-8H,1-4H3. The van der Waals surface area contributed by atoms with E-state index in [2.05, 4.69) is 15.3 Å². The number of carbonyl (C=O) groups excluding carboxylic acids is 1. The second-order valence-corrected chi connectivity index (χ2v) is 4.41. The molecule has 0 N–H and O–H groups in total. The number of carbonyl (C=O) groups is 1. The maximum Gasteiger partial charge on any atom is 0.308 e. The first kappa shape index (κ1) is 13.9. The number of aromatic nitrogens is 3. The molecule has 0 aliphatic carbocycles. The van der Waals surface area contributed by atoms with E-state index in [0.717, 1.165) is 22.9 Å². The summed E-state index contributed by atoms with van der Waals surface area (Å²) >= 11 is 0. The molecule has 0 radical (unpaired) electrons. The average molecular weight is 272 g/mol. The fraction of sp³-hybridized carbons (Fsp3) is 0.286. The average Bonchev–Trinajstić information content (AvgIpc) is 2.70. The molecule has 2 rings (SSSR count). The van der Waals surface area contributed by atoms with Gasteiger partial charge in [0.25, 0.3) is 0 Å². The van der Waals surface area contributed by atoms with Crippen LogP contribution in [0.2, 0.25) is 0 Å². The minimum absolute atomic E-state index is 0.334. The molecule has 0 spiro atoms. The molecule has 2 aromatic rings. The van der Waals surface area contributed by atoms with Gasteiger partial charge in [-0.1, -0.05) is 0 Å². The molecule has 104 valence electrons. The van der Waals surface area contributed by atoms with E-state index in [4.69, 9.17) is 4.74 Å². The summed E-state index contributed by atoms with van der Waals surface area (Å²) in [6.07, 6.45) is 0. The first-order chi connectivity index (χ1) is 9.47. The van der Waals surface area contributed by atoms with Crippen LogP contribution >= 0.6 is 0 Å². The lowest BCUT2D eigenvalue weighted by Gasteiger charge is -2.05. The van der Waals surface area contributed by atoms with Gasteiger partial charge in [-0.3, -0.25) is 4.79 Å².